The molecule has 1 saturated carbocycles. The van der Waals surface area contributed by atoms with E-state index >= 15 is 0 Å². The molecule has 0 unspecified atom stereocenters. The smallest absolute Gasteiger partial charge is 0.311 e. The lowest BCUT2D eigenvalue weighted by Crippen LogP contribution is -2.37. The van der Waals surface area contributed by atoms with Gasteiger partial charge in [0.15, 0.2) is 5.75 Å². The van der Waals surface area contributed by atoms with Gasteiger partial charge >= 0.3 is 5.69 Å². The number of nitro benzene ring substituents is 1. The van der Waals surface area contributed by atoms with E-state index in [4.69, 9.17) is 4.74 Å². The van der Waals surface area contributed by atoms with Crippen LogP contribution in [0, 0.1) is 21.3 Å². The number of nitrogens with zero attached hydrogens (tertiary/aromatic N) is 1. The minimum absolute atomic E-state index is 0.00669. The Bertz CT molecular complexity index is 457. The fraction of sp³-hybridized carbons (Fsp3) is 0.500. The number of ether oxygens (including phenoxy) is 1. The van der Waals surface area contributed by atoms with Gasteiger partial charge in [-0.2, -0.15) is 0 Å². The normalized spacial score (nSPS) is 17.0. The highest BCUT2D eigenvalue weighted by atomic mass is 79.9. The number of alkyl halides is 1. The lowest BCUT2D eigenvalue weighted by molar-refractivity contribution is -0.386. The Kier molecular flexibility index (Phi) is 3.85. The van der Waals surface area contributed by atoms with Gasteiger partial charge in [-0.05, 0) is 18.9 Å². The molecule has 18 heavy (non-hydrogen) atoms. The topological polar surface area (TPSA) is 52.4 Å². The molecule has 1 aromatic rings. The predicted octanol–water partition coefficient (Wildman–Crippen LogP) is 3.68. The monoisotopic (exact) mass is 317 g/mol. The fourth-order valence-electron chi connectivity index (χ4n) is 1.98. The van der Waals surface area contributed by atoms with Crippen LogP contribution in [-0.2, 0) is 0 Å². The van der Waals surface area contributed by atoms with Crippen molar-refractivity contribution in [3.05, 3.63) is 34.1 Å². The van der Waals surface area contributed by atoms with Gasteiger partial charge in [0.25, 0.3) is 0 Å². The lowest BCUT2D eigenvalue weighted by Gasteiger charge is -2.39. The molecule has 6 heteroatoms. The average molecular weight is 318 g/mol. The summed E-state index contributed by atoms with van der Waals surface area (Å²) in [5.74, 6) is -0.524. The number of benzene rings is 1. The van der Waals surface area contributed by atoms with E-state index in [1.54, 1.807) is 0 Å². The Balaban J connectivity index is 2.12. The van der Waals surface area contributed by atoms with Gasteiger partial charge in [0.05, 0.1) is 11.5 Å². The third-order valence-electron chi connectivity index (χ3n) is 3.35. The first-order valence-electron chi connectivity index (χ1n) is 5.69. The molecule has 1 fully saturated rings. The molecule has 0 heterocycles. The molecule has 0 amide bonds. The van der Waals surface area contributed by atoms with E-state index in [9.17, 15) is 14.5 Å². The number of hydrogen-bond acceptors (Lipinski definition) is 3. The molecule has 1 aromatic carbocycles. The summed E-state index contributed by atoms with van der Waals surface area (Å²) in [6.07, 6.45) is 3.20. The van der Waals surface area contributed by atoms with Gasteiger partial charge in [0.2, 0.25) is 0 Å². The Hall–Kier alpha value is -1.17. The lowest BCUT2D eigenvalue weighted by atomic mass is 9.71. The first-order valence-corrected chi connectivity index (χ1v) is 6.81. The predicted molar refractivity (Wildman–Crippen MR) is 68.6 cm³/mol. The van der Waals surface area contributed by atoms with Crippen molar-refractivity contribution in [3.63, 3.8) is 0 Å². The van der Waals surface area contributed by atoms with Crippen molar-refractivity contribution in [3.8, 4) is 5.75 Å². The molecule has 0 spiro atoms. The van der Waals surface area contributed by atoms with Gasteiger partial charge in [-0.25, -0.2) is 4.39 Å². The van der Waals surface area contributed by atoms with Crippen molar-refractivity contribution in [2.75, 3.05) is 11.9 Å². The molecule has 0 aliphatic heterocycles. The SMILES string of the molecule is O=[N+]([O-])c1ccc(F)cc1OCC1(CBr)CCC1. The maximum atomic E-state index is 13.1. The molecular formula is C12H13BrFNO3. The molecule has 0 saturated heterocycles. The van der Waals surface area contributed by atoms with Gasteiger partial charge in [-0.1, -0.05) is 22.4 Å². The summed E-state index contributed by atoms with van der Waals surface area (Å²) in [6, 6.07) is 3.26. The summed E-state index contributed by atoms with van der Waals surface area (Å²) in [5, 5.41) is 11.6. The Morgan fingerprint density at radius 3 is 2.72 bits per heavy atom. The van der Waals surface area contributed by atoms with E-state index in [1.165, 1.54) is 0 Å². The number of halogens is 2. The van der Waals surface area contributed by atoms with Crippen LogP contribution in [-0.4, -0.2) is 16.9 Å². The Morgan fingerprint density at radius 1 is 1.50 bits per heavy atom. The second-order valence-electron chi connectivity index (χ2n) is 4.65. The summed E-state index contributed by atoms with van der Waals surface area (Å²) < 4.78 is 18.6. The molecule has 0 atom stereocenters. The van der Waals surface area contributed by atoms with Crippen molar-refractivity contribution < 1.29 is 14.1 Å². The van der Waals surface area contributed by atoms with E-state index in [2.05, 4.69) is 15.9 Å². The highest BCUT2D eigenvalue weighted by molar-refractivity contribution is 9.09. The fourth-order valence-corrected chi connectivity index (χ4v) is 2.70. The molecular weight excluding hydrogens is 305 g/mol. The average Bonchev–Trinajstić information content (AvgIpc) is 2.28. The third-order valence-corrected chi connectivity index (χ3v) is 4.54. The molecule has 0 bridgehead atoms. The van der Waals surface area contributed by atoms with Crippen LogP contribution < -0.4 is 4.74 Å². The van der Waals surface area contributed by atoms with Gasteiger partial charge in [0.1, 0.15) is 5.82 Å². The third kappa shape index (κ3) is 2.63. The van der Waals surface area contributed by atoms with Crippen LogP contribution >= 0.6 is 15.9 Å². The maximum Gasteiger partial charge on any atom is 0.311 e. The van der Waals surface area contributed by atoms with Crippen molar-refractivity contribution >= 4 is 21.6 Å². The summed E-state index contributed by atoms with van der Waals surface area (Å²) >= 11 is 3.43. The number of hydrogen-bond donors (Lipinski definition) is 0. The second-order valence-corrected chi connectivity index (χ2v) is 5.21. The van der Waals surface area contributed by atoms with Crippen LogP contribution in [0.4, 0.5) is 10.1 Å². The zero-order valence-corrected chi connectivity index (χ0v) is 11.3. The molecule has 4 nitrogen and oxygen atoms in total. The van der Waals surface area contributed by atoms with Crippen molar-refractivity contribution in [1.82, 2.24) is 0 Å². The molecule has 0 N–H and O–H groups in total. The van der Waals surface area contributed by atoms with E-state index in [0.29, 0.717) is 6.61 Å². The Morgan fingerprint density at radius 2 is 2.22 bits per heavy atom. The first-order chi connectivity index (χ1) is 8.56. The summed E-state index contributed by atoms with van der Waals surface area (Å²) in [7, 11) is 0. The van der Waals surface area contributed by atoms with Gasteiger partial charge < -0.3 is 4.74 Å². The maximum absolute atomic E-state index is 13.1. The summed E-state index contributed by atoms with van der Waals surface area (Å²) in [6.45, 7) is 0.378. The minimum atomic E-state index is -0.559. The van der Waals surface area contributed by atoms with E-state index < -0.39 is 10.7 Å². The second kappa shape index (κ2) is 5.22. The van der Waals surface area contributed by atoms with Crippen molar-refractivity contribution in [1.29, 1.82) is 0 Å². The zero-order chi connectivity index (χ0) is 13.2. The van der Waals surface area contributed by atoms with Crippen LogP contribution in [0.5, 0.6) is 5.75 Å². The van der Waals surface area contributed by atoms with Crippen LogP contribution in [0.25, 0.3) is 0 Å². The Labute approximate surface area is 112 Å². The van der Waals surface area contributed by atoms with Crippen LogP contribution in [0.15, 0.2) is 18.2 Å². The van der Waals surface area contributed by atoms with Crippen molar-refractivity contribution in [2.24, 2.45) is 5.41 Å². The quantitative estimate of drug-likeness (QED) is 0.473. The van der Waals surface area contributed by atoms with Crippen molar-refractivity contribution in [2.45, 2.75) is 19.3 Å². The molecule has 1 aliphatic carbocycles. The zero-order valence-electron chi connectivity index (χ0n) is 9.70. The highest BCUT2D eigenvalue weighted by Gasteiger charge is 2.37. The summed E-state index contributed by atoms with van der Waals surface area (Å²) in [4.78, 5) is 10.2. The molecule has 98 valence electrons. The molecule has 2 rings (SSSR count). The molecule has 0 radical (unpaired) electrons. The minimum Gasteiger partial charge on any atom is -0.486 e. The number of rotatable bonds is 5. The van der Waals surface area contributed by atoms with E-state index in [1.807, 2.05) is 0 Å². The summed E-state index contributed by atoms with van der Waals surface area (Å²) in [5.41, 5.74) is -0.152. The van der Waals surface area contributed by atoms with E-state index in [0.717, 1.165) is 42.8 Å². The van der Waals surface area contributed by atoms with Crippen LogP contribution in [0.2, 0.25) is 0 Å². The largest absolute Gasteiger partial charge is 0.486 e. The molecule has 0 aromatic heterocycles. The van der Waals surface area contributed by atoms with Gasteiger partial charge in [0, 0.05) is 22.9 Å². The van der Waals surface area contributed by atoms with Gasteiger partial charge in [-0.15, -0.1) is 0 Å². The number of nitro groups is 1. The van der Waals surface area contributed by atoms with Crippen LogP contribution in [0.3, 0.4) is 0 Å². The van der Waals surface area contributed by atoms with Crippen LogP contribution in [0.1, 0.15) is 19.3 Å². The standard InChI is InChI=1S/C12H13BrFNO3/c13-7-12(4-1-5-12)8-18-11-6-9(14)2-3-10(11)15(16)17/h2-3,6H,1,4-5,7-8H2. The van der Waals surface area contributed by atoms with E-state index in [-0.39, 0.29) is 16.9 Å². The highest BCUT2D eigenvalue weighted by Crippen LogP contribution is 2.43. The molecule has 1 aliphatic rings. The van der Waals surface area contributed by atoms with Gasteiger partial charge in [-0.3, -0.25) is 10.1 Å². The first kappa shape index (κ1) is 13.3.